The summed E-state index contributed by atoms with van der Waals surface area (Å²) in [6, 6.07) is 8.77. The Hall–Kier alpha value is -0.780. The summed E-state index contributed by atoms with van der Waals surface area (Å²) in [6.45, 7) is 0.586. The summed E-state index contributed by atoms with van der Waals surface area (Å²) in [5, 5.41) is 1.09. The molecule has 5 heteroatoms. The van der Waals surface area contributed by atoms with E-state index in [1.807, 2.05) is 12.1 Å². The number of hydrogen-bond acceptors (Lipinski definition) is 2. The van der Waals surface area contributed by atoms with Crippen LogP contribution in [0, 0.1) is 3.57 Å². The van der Waals surface area contributed by atoms with Gasteiger partial charge >= 0.3 is 0 Å². The molecule has 0 saturated carbocycles. The van der Waals surface area contributed by atoms with Crippen LogP contribution in [-0.4, -0.2) is 12.4 Å². The average Bonchev–Trinajstić information content (AvgIpc) is 2.87. The molecular formula is C15H9Cl2IO2. The Balaban J connectivity index is 2.14. The van der Waals surface area contributed by atoms with Crippen LogP contribution in [0.2, 0.25) is 10.0 Å². The third-order valence-electron chi connectivity index (χ3n) is 3.17. The van der Waals surface area contributed by atoms with Gasteiger partial charge in [0.05, 0.1) is 12.2 Å². The lowest BCUT2D eigenvalue weighted by Crippen LogP contribution is -2.06. The van der Waals surface area contributed by atoms with Gasteiger partial charge < -0.3 is 4.74 Å². The molecule has 102 valence electrons. The highest BCUT2D eigenvalue weighted by Gasteiger charge is 2.24. The fourth-order valence-corrected chi connectivity index (χ4v) is 3.25. The van der Waals surface area contributed by atoms with Gasteiger partial charge in [-0.1, -0.05) is 23.2 Å². The van der Waals surface area contributed by atoms with E-state index in [9.17, 15) is 4.79 Å². The first kappa shape index (κ1) is 14.2. The lowest BCUT2D eigenvalue weighted by Gasteiger charge is -2.09. The molecule has 0 N–H and O–H groups in total. The first-order chi connectivity index (χ1) is 9.56. The van der Waals surface area contributed by atoms with Gasteiger partial charge in [0.25, 0.3) is 0 Å². The fourth-order valence-electron chi connectivity index (χ4n) is 2.25. The second-order valence-electron chi connectivity index (χ2n) is 4.49. The largest absolute Gasteiger partial charge is 0.492 e. The van der Waals surface area contributed by atoms with E-state index in [2.05, 4.69) is 22.6 Å². The molecular weight excluding hydrogens is 410 g/mol. The summed E-state index contributed by atoms with van der Waals surface area (Å²) in [5.41, 5.74) is 2.06. The predicted molar refractivity (Wildman–Crippen MR) is 88.3 cm³/mol. The molecule has 0 bridgehead atoms. The van der Waals surface area contributed by atoms with Crippen molar-refractivity contribution in [3.63, 3.8) is 0 Å². The molecule has 0 unspecified atom stereocenters. The molecule has 0 saturated heterocycles. The third-order valence-corrected chi connectivity index (χ3v) is 4.56. The Labute approximate surface area is 140 Å². The highest BCUT2D eigenvalue weighted by molar-refractivity contribution is 14.1. The number of hydrogen-bond donors (Lipinski definition) is 0. The van der Waals surface area contributed by atoms with Crippen LogP contribution in [0.5, 0.6) is 5.75 Å². The zero-order chi connectivity index (χ0) is 14.3. The minimum Gasteiger partial charge on any atom is -0.492 e. The lowest BCUT2D eigenvalue weighted by molar-refractivity contribution is 0.103. The summed E-state index contributed by atoms with van der Waals surface area (Å²) in [7, 11) is 0. The number of carbonyl (C=O) groups is 1. The van der Waals surface area contributed by atoms with Crippen LogP contribution < -0.4 is 4.74 Å². The smallest absolute Gasteiger partial charge is 0.197 e. The maximum Gasteiger partial charge on any atom is 0.197 e. The van der Waals surface area contributed by atoms with Crippen LogP contribution in [0.1, 0.15) is 21.5 Å². The number of benzene rings is 2. The molecule has 0 amide bonds. The van der Waals surface area contributed by atoms with Gasteiger partial charge in [-0.15, -0.1) is 0 Å². The summed E-state index contributed by atoms with van der Waals surface area (Å²) in [4.78, 5) is 12.7. The molecule has 0 fully saturated rings. The molecule has 2 aromatic rings. The lowest BCUT2D eigenvalue weighted by atomic mass is 10.00. The van der Waals surface area contributed by atoms with Crippen LogP contribution in [0.4, 0.5) is 0 Å². The molecule has 0 radical (unpaired) electrons. The molecule has 0 spiro atoms. The summed E-state index contributed by atoms with van der Waals surface area (Å²) in [6.07, 6.45) is 0.781. The third kappa shape index (κ3) is 2.54. The zero-order valence-electron chi connectivity index (χ0n) is 10.3. The molecule has 2 nitrogen and oxygen atoms in total. The summed E-state index contributed by atoms with van der Waals surface area (Å²) < 4.78 is 6.43. The number of carbonyl (C=O) groups excluding carboxylic acids is 1. The second kappa shape index (κ2) is 5.54. The van der Waals surface area contributed by atoms with Crippen LogP contribution in [-0.2, 0) is 6.42 Å². The molecule has 20 heavy (non-hydrogen) atoms. The number of ketones is 1. The topological polar surface area (TPSA) is 26.3 Å². The highest BCUT2D eigenvalue weighted by atomic mass is 127. The second-order valence-corrected chi connectivity index (χ2v) is 6.53. The van der Waals surface area contributed by atoms with Gasteiger partial charge in [0.15, 0.2) is 5.78 Å². The van der Waals surface area contributed by atoms with E-state index >= 15 is 0 Å². The fraction of sp³-hybridized carbons (Fsp3) is 0.133. The Morgan fingerprint density at radius 2 is 1.85 bits per heavy atom. The van der Waals surface area contributed by atoms with Crippen molar-refractivity contribution in [3.05, 3.63) is 60.6 Å². The molecule has 1 aliphatic rings. The van der Waals surface area contributed by atoms with Gasteiger partial charge in [0.2, 0.25) is 0 Å². The van der Waals surface area contributed by atoms with Gasteiger partial charge in [0.1, 0.15) is 5.75 Å². The Morgan fingerprint density at radius 1 is 1.10 bits per heavy atom. The van der Waals surface area contributed by atoms with Crippen molar-refractivity contribution in [2.45, 2.75) is 6.42 Å². The van der Waals surface area contributed by atoms with Gasteiger partial charge in [-0.2, -0.15) is 0 Å². The quantitative estimate of drug-likeness (QED) is 0.519. The first-order valence-electron chi connectivity index (χ1n) is 6.01. The van der Waals surface area contributed by atoms with Crippen molar-refractivity contribution in [2.75, 3.05) is 6.61 Å². The van der Waals surface area contributed by atoms with Crippen molar-refractivity contribution in [1.82, 2.24) is 0 Å². The van der Waals surface area contributed by atoms with E-state index in [1.54, 1.807) is 18.2 Å². The van der Waals surface area contributed by atoms with Crippen molar-refractivity contribution < 1.29 is 9.53 Å². The normalized spacial score (nSPS) is 12.9. The number of halogens is 3. The van der Waals surface area contributed by atoms with E-state index in [0.29, 0.717) is 33.5 Å². The molecule has 0 aliphatic carbocycles. The molecule has 1 aliphatic heterocycles. The Bertz CT molecular complexity index is 713. The molecule has 1 heterocycles. The van der Waals surface area contributed by atoms with E-state index in [1.165, 1.54) is 0 Å². The zero-order valence-corrected chi connectivity index (χ0v) is 13.9. The van der Waals surface area contributed by atoms with Gasteiger partial charge in [-0.25, -0.2) is 0 Å². The SMILES string of the molecule is O=C(c1cc(Cl)ccc1I)c1cc(Cl)cc2c1OCC2. The highest BCUT2D eigenvalue weighted by Crippen LogP contribution is 2.35. The first-order valence-corrected chi connectivity index (χ1v) is 7.84. The number of fused-ring (bicyclic) bond motifs is 1. The summed E-state index contributed by atoms with van der Waals surface area (Å²) >= 11 is 14.2. The predicted octanol–water partition coefficient (Wildman–Crippen LogP) is 4.76. The van der Waals surface area contributed by atoms with Crippen LogP contribution in [0.15, 0.2) is 30.3 Å². The Kier molecular flexibility index (Phi) is 3.93. The Morgan fingerprint density at radius 3 is 2.65 bits per heavy atom. The van der Waals surface area contributed by atoms with E-state index in [0.717, 1.165) is 15.6 Å². The van der Waals surface area contributed by atoms with Crippen LogP contribution in [0.3, 0.4) is 0 Å². The van der Waals surface area contributed by atoms with Gasteiger partial charge in [0, 0.05) is 25.6 Å². The van der Waals surface area contributed by atoms with Crippen LogP contribution in [0.25, 0.3) is 0 Å². The molecule has 2 aromatic carbocycles. The number of rotatable bonds is 2. The maximum atomic E-state index is 12.7. The van der Waals surface area contributed by atoms with Crippen molar-refractivity contribution in [2.24, 2.45) is 0 Å². The van der Waals surface area contributed by atoms with Gasteiger partial charge in [-0.3, -0.25) is 4.79 Å². The van der Waals surface area contributed by atoms with Crippen molar-refractivity contribution in [3.8, 4) is 5.75 Å². The van der Waals surface area contributed by atoms with Crippen LogP contribution >= 0.6 is 45.8 Å². The number of ether oxygens (including phenoxy) is 1. The molecule has 0 atom stereocenters. The standard InChI is InChI=1S/C15H9Cl2IO2/c16-9-1-2-13(18)11(6-9)14(19)12-7-10(17)5-8-3-4-20-15(8)12/h1-2,5-7H,3-4H2. The van der Waals surface area contributed by atoms with Crippen molar-refractivity contribution >= 4 is 51.6 Å². The molecule has 3 rings (SSSR count). The minimum absolute atomic E-state index is 0.113. The molecule has 0 aromatic heterocycles. The average molecular weight is 419 g/mol. The summed E-state index contributed by atoms with van der Waals surface area (Å²) in [5.74, 6) is 0.535. The van der Waals surface area contributed by atoms with E-state index in [-0.39, 0.29) is 5.78 Å². The van der Waals surface area contributed by atoms with Gasteiger partial charge in [-0.05, 0) is 58.5 Å². The van der Waals surface area contributed by atoms with Crippen molar-refractivity contribution in [1.29, 1.82) is 0 Å². The minimum atomic E-state index is -0.113. The van der Waals surface area contributed by atoms with E-state index < -0.39 is 0 Å². The monoisotopic (exact) mass is 418 g/mol. The van der Waals surface area contributed by atoms with E-state index in [4.69, 9.17) is 27.9 Å². The maximum absolute atomic E-state index is 12.7.